The Morgan fingerprint density at radius 1 is 1.44 bits per heavy atom. The number of hydrogen-bond donors (Lipinski definition) is 1. The van der Waals surface area contributed by atoms with Gasteiger partial charge in [-0.15, -0.1) is 0 Å². The van der Waals surface area contributed by atoms with Gasteiger partial charge in [0, 0.05) is 17.2 Å². The molecular weight excluding hydrogens is 244 g/mol. The first kappa shape index (κ1) is 13.6. The molecule has 1 aromatic rings. The lowest BCUT2D eigenvalue weighted by Crippen LogP contribution is -2.14. The molecule has 0 aromatic heterocycles. The molecule has 1 rings (SSSR count). The first-order valence-corrected chi connectivity index (χ1v) is 6.60. The first-order valence-electron chi connectivity index (χ1n) is 5.17. The minimum atomic E-state index is -0.0762. The van der Waals surface area contributed by atoms with E-state index >= 15 is 0 Å². The molecule has 0 heterocycles. The van der Waals surface area contributed by atoms with Crippen LogP contribution in [0.4, 0.5) is 0 Å². The Labute approximate surface area is 105 Å². The summed E-state index contributed by atoms with van der Waals surface area (Å²) >= 11 is 7.32. The predicted octanol–water partition coefficient (Wildman–Crippen LogP) is 3.03. The molecule has 0 aliphatic carbocycles. The molecule has 88 valence electrons. The molecule has 0 amide bonds. The summed E-state index contributed by atoms with van der Waals surface area (Å²) in [4.78, 5) is 11.9. The third-order valence-corrected chi connectivity index (χ3v) is 3.66. The Kier molecular flexibility index (Phi) is 5.88. The highest BCUT2D eigenvalue weighted by Gasteiger charge is 2.14. The van der Waals surface area contributed by atoms with Crippen LogP contribution in [0, 0.1) is 0 Å². The van der Waals surface area contributed by atoms with Crippen molar-refractivity contribution in [3.63, 3.8) is 0 Å². The van der Waals surface area contributed by atoms with Crippen molar-refractivity contribution < 1.29 is 9.90 Å². The lowest BCUT2D eigenvalue weighted by Gasteiger charge is -2.09. The molecule has 0 saturated carbocycles. The quantitative estimate of drug-likeness (QED) is 0.630. The van der Waals surface area contributed by atoms with Crippen LogP contribution in [0.15, 0.2) is 24.3 Å². The fourth-order valence-corrected chi connectivity index (χ4v) is 2.31. The first-order chi connectivity index (χ1) is 7.65. The van der Waals surface area contributed by atoms with Gasteiger partial charge in [0.1, 0.15) is 0 Å². The van der Waals surface area contributed by atoms with E-state index in [4.69, 9.17) is 16.7 Å². The summed E-state index contributed by atoms with van der Waals surface area (Å²) in [7, 11) is 0. The summed E-state index contributed by atoms with van der Waals surface area (Å²) in [6, 6.07) is 6.93. The van der Waals surface area contributed by atoms with Crippen molar-refractivity contribution in [3.05, 3.63) is 34.9 Å². The Morgan fingerprint density at radius 2 is 2.06 bits per heavy atom. The number of carbonyl (C=O) groups excluding carboxylic acids is 1. The zero-order valence-electron chi connectivity index (χ0n) is 9.15. The van der Waals surface area contributed by atoms with Gasteiger partial charge in [-0.05, 0) is 43.4 Å². The molecule has 0 bridgehead atoms. The maximum absolute atomic E-state index is 11.9. The highest BCUT2D eigenvalue weighted by Crippen LogP contribution is 2.18. The lowest BCUT2D eigenvalue weighted by atomic mass is 10.1. The van der Waals surface area contributed by atoms with E-state index < -0.39 is 0 Å². The molecular formula is C12H15ClO2S. The maximum atomic E-state index is 11.9. The van der Waals surface area contributed by atoms with Gasteiger partial charge in [-0.25, -0.2) is 0 Å². The summed E-state index contributed by atoms with van der Waals surface area (Å²) in [5.74, 6) is 0.913. The van der Waals surface area contributed by atoms with Crippen molar-refractivity contribution in [2.75, 3.05) is 12.4 Å². The molecule has 0 fully saturated rings. The summed E-state index contributed by atoms with van der Waals surface area (Å²) in [5.41, 5.74) is 0.688. The minimum Gasteiger partial charge on any atom is -0.396 e. The van der Waals surface area contributed by atoms with Crippen LogP contribution in [0.25, 0.3) is 0 Å². The fraction of sp³-hybridized carbons (Fsp3) is 0.417. The van der Waals surface area contributed by atoms with Crippen LogP contribution in [0.5, 0.6) is 0 Å². The van der Waals surface area contributed by atoms with Gasteiger partial charge >= 0.3 is 0 Å². The van der Waals surface area contributed by atoms with E-state index in [1.807, 2.05) is 6.92 Å². The zero-order chi connectivity index (χ0) is 12.0. The van der Waals surface area contributed by atoms with Gasteiger partial charge in [0.25, 0.3) is 0 Å². The predicted molar refractivity (Wildman–Crippen MR) is 69.4 cm³/mol. The normalized spacial score (nSPS) is 12.4. The second-order valence-electron chi connectivity index (χ2n) is 3.46. The van der Waals surface area contributed by atoms with Gasteiger partial charge in [-0.3, -0.25) is 4.79 Å². The highest BCUT2D eigenvalue weighted by atomic mass is 35.5. The van der Waals surface area contributed by atoms with Gasteiger partial charge in [0.15, 0.2) is 5.78 Å². The molecule has 0 aliphatic rings. The second kappa shape index (κ2) is 6.94. The van der Waals surface area contributed by atoms with E-state index in [1.165, 1.54) is 0 Å². The second-order valence-corrected chi connectivity index (χ2v) is 5.35. The number of aliphatic hydroxyl groups excluding tert-OH is 1. The molecule has 1 N–H and O–H groups in total. The number of aliphatic hydroxyl groups is 1. The molecule has 0 spiro atoms. The van der Waals surface area contributed by atoms with E-state index in [9.17, 15) is 4.79 Å². The van der Waals surface area contributed by atoms with Gasteiger partial charge in [0.05, 0.1) is 5.25 Å². The number of rotatable bonds is 6. The van der Waals surface area contributed by atoms with Crippen molar-refractivity contribution in [1.82, 2.24) is 0 Å². The van der Waals surface area contributed by atoms with Gasteiger partial charge in [-0.1, -0.05) is 11.6 Å². The zero-order valence-corrected chi connectivity index (χ0v) is 10.7. The number of carbonyl (C=O) groups is 1. The third kappa shape index (κ3) is 4.16. The average Bonchev–Trinajstić information content (AvgIpc) is 2.29. The molecule has 0 radical (unpaired) electrons. The smallest absolute Gasteiger partial charge is 0.175 e. The number of Topliss-reactive ketones (excluding diaryl/α,β-unsaturated/α-hetero) is 1. The summed E-state index contributed by atoms with van der Waals surface area (Å²) < 4.78 is 0. The van der Waals surface area contributed by atoms with Crippen LogP contribution >= 0.6 is 23.4 Å². The van der Waals surface area contributed by atoms with Gasteiger partial charge < -0.3 is 5.11 Å². The van der Waals surface area contributed by atoms with Crippen molar-refractivity contribution in [2.24, 2.45) is 0 Å². The summed E-state index contributed by atoms with van der Waals surface area (Å²) in [6.45, 7) is 2.06. The lowest BCUT2D eigenvalue weighted by molar-refractivity contribution is 0.0994. The van der Waals surface area contributed by atoms with Crippen molar-refractivity contribution in [2.45, 2.75) is 18.6 Å². The van der Waals surface area contributed by atoms with E-state index in [2.05, 4.69) is 0 Å². The number of ketones is 1. The standard InChI is InChI=1S/C12H15ClO2S/c1-9(16-8-2-7-14)12(15)10-3-5-11(13)6-4-10/h3-6,9,14H,2,7-8H2,1H3. The molecule has 1 aromatic carbocycles. The maximum Gasteiger partial charge on any atom is 0.175 e. The molecule has 16 heavy (non-hydrogen) atoms. The van der Waals surface area contributed by atoms with E-state index in [0.717, 1.165) is 12.2 Å². The highest BCUT2D eigenvalue weighted by molar-refractivity contribution is 8.00. The summed E-state index contributed by atoms with van der Waals surface area (Å²) in [5, 5.41) is 9.21. The Hall–Kier alpha value is -0.510. The van der Waals surface area contributed by atoms with E-state index in [-0.39, 0.29) is 17.6 Å². The number of thioether (sulfide) groups is 1. The average molecular weight is 259 g/mol. The fourth-order valence-electron chi connectivity index (χ4n) is 1.25. The molecule has 4 heteroatoms. The Bertz CT molecular complexity index is 337. The minimum absolute atomic E-state index is 0.0762. The number of halogens is 1. The molecule has 0 aliphatic heterocycles. The monoisotopic (exact) mass is 258 g/mol. The van der Waals surface area contributed by atoms with Gasteiger partial charge in [0.2, 0.25) is 0 Å². The van der Waals surface area contributed by atoms with Crippen LogP contribution in [-0.2, 0) is 0 Å². The van der Waals surface area contributed by atoms with Crippen LogP contribution in [0.1, 0.15) is 23.7 Å². The van der Waals surface area contributed by atoms with Crippen molar-refractivity contribution in [1.29, 1.82) is 0 Å². The number of benzene rings is 1. The van der Waals surface area contributed by atoms with Crippen LogP contribution in [-0.4, -0.2) is 28.5 Å². The molecule has 1 unspecified atom stereocenters. The van der Waals surface area contributed by atoms with Crippen LogP contribution < -0.4 is 0 Å². The van der Waals surface area contributed by atoms with Crippen LogP contribution in [0.2, 0.25) is 5.02 Å². The van der Waals surface area contributed by atoms with E-state index in [1.54, 1.807) is 36.0 Å². The molecule has 2 nitrogen and oxygen atoms in total. The largest absolute Gasteiger partial charge is 0.396 e. The summed E-state index contributed by atoms with van der Waals surface area (Å²) in [6.07, 6.45) is 0.725. The SMILES string of the molecule is CC(SCCCO)C(=O)c1ccc(Cl)cc1. The van der Waals surface area contributed by atoms with Crippen LogP contribution in [0.3, 0.4) is 0 Å². The molecule has 1 atom stereocenters. The number of hydrogen-bond acceptors (Lipinski definition) is 3. The Balaban J connectivity index is 2.53. The van der Waals surface area contributed by atoms with E-state index in [0.29, 0.717) is 10.6 Å². The third-order valence-electron chi connectivity index (χ3n) is 2.17. The molecule has 0 saturated heterocycles. The van der Waals surface area contributed by atoms with Crippen molar-refractivity contribution in [3.8, 4) is 0 Å². The van der Waals surface area contributed by atoms with Gasteiger partial charge in [-0.2, -0.15) is 11.8 Å². The van der Waals surface area contributed by atoms with Crippen molar-refractivity contribution >= 4 is 29.1 Å². The Morgan fingerprint density at radius 3 is 2.62 bits per heavy atom. The topological polar surface area (TPSA) is 37.3 Å².